The van der Waals surface area contributed by atoms with Crippen LogP contribution in [-0.2, 0) is 28.6 Å². The minimum absolute atomic E-state index is 0.0158. The van der Waals surface area contributed by atoms with Gasteiger partial charge in [-0.05, 0) is 75.6 Å². The molecule has 0 amide bonds. The highest BCUT2D eigenvalue weighted by molar-refractivity contribution is 6.01. The molecule has 42 heavy (non-hydrogen) atoms. The van der Waals surface area contributed by atoms with Crippen LogP contribution < -0.4 is 0 Å². The molecule has 1 N–H and O–H groups in total. The second-order valence-electron chi connectivity index (χ2n) is 14.2. The predicted octanol–water partition coefficient (Wildman–Crippen LogP) is 4.39. The van der Waals surface area contributed by atoms with Crippen molar-refractivity contribution >= 4 is 17.5 Å². The molecule has 5 fully saturated rings. The number of esters is 1. The quantitative estimate of drug-likeness (QED) is 0.420. The van der Waals surface area contributed by atoms with Crippen LogP contribution in [0.5, 0.6) is 0 Å². The highest BCUT2D eigenvalue weighted by Crippen LogP contribution is 2.70. The summed E-state index contributed by atoms with van der Waals surface area (Å²) in [7, 11) is 0. The molecule has 0 bridgehead atoms. The van der Waals surface area contributed by atoms with E-state index in [0.29, 0.717) is 12.8 Å². The molecule has 2 unspecified atom stereocenters. The van der Waals surface area contributed by atoms with Crippen molar-refractivity contribution in [2.45, 2.75) is 110 Å². The van der Waals surface area contributed by atoms with E-state index in [1.165, 1.54) is 6.42 Å². The summed E-state index contributed by atoms with van der Waals surface area (Å²) in [5, 5.41) is 11.9. The molecule has 0 aromatic rings. The lowest BCUT2D eigenvalue weighted by atomic mass is 9.46. The summed E-state index contributed by atoms with van der Waals surface area (Å²) in [5.74, 6) is -0.185. The monoisotopic (exact) mass is 583 g/mol. The van der Waals surface area contributed by atoms with E-state index in [2.05, 4.69) is 13.8 Å². The van der Waals surface area contributed by atoms with Crippen LogP contribution in [0.25, 0.3) is 0 Å². The lowest BCUT2D eigenvalue weighted by molar-refractivity contribution is -0.210. The molecule has 1 heterocycles. The number of ether oxygens (including phenoxy) is 3. The van der Waals surface area contributed by atoms with Crippen LogP contribution in [0.3, 0.4) is 0 Å². The molecular weight excluding hydrogens is 534 g/mol. The van der Waals surface area contributed by atoms with E-state index in [4.69, 9.17) is 14.2 Å². The normalized spacial score (nSPS) is 42.9. The number of nitrogens with zero attached hydrogens (tertiary/aromatic N) is 1. The first-order valence-electron chi connectivity index (χ1n) is 16.4. The van der Waals surface area contributed by atoms with Crippen molar-refractivity contribution in [3.63, 3.8) is 0 Å². The van der Waals surface area contributed by atoms with Gasteiger partial charge >= 0.3 is 5.97 Å². The average Bonchev–Trinajstić information content (AvgIpc) is 3.48. The Morgan fingerprint density at radius 3 is 2.57 bits per heavy atom. The zero-order chi connectivity index (χ0) is 29.9. The number of fused-ring (bicyclic) bond motifs is 7. The molecule has 5 aliphatic carbocycles. The highest BCUT2D eigenvalue weighted by atomic mass is 16.7. The molecule has 0 aromatic carbocycles. The number of allylic oxidation sites excluding steroid dienone is 4. The molecule has 8 heteroatoms. The van der Waals surface area contributed by atoms with Crippen LogP contribution in [0.1, 0.15) is 85.5 Å². The van der Waals surface area contributed by atoms with Crippen LogP contribution in [0.2, 0.25) is 0 Å². The number of hydrogen-bond donors (Lipinski definition) is 1. The summed E-state index contributed by atoms with van der Waals surface area (Å²) < 4.78 is 19.3. The largest absolute Gasteiger partial charge is 0.457 e. The molecule has 232 valence electrons. The zero-order valence-corrected chi connectivity index (χ0v) is 25.8. The fourth-order valence-electron chi connectivity index (χ4n) is 10.1. The van der Waals surface area contributed by atoms with Crippen molar-refractivity contribution in [1.29, 1.82) is 0 Å². The minimum Gasteiger partial charge on any atom is -0.457 e. The molecule has 0 spiro atoms. The molecule has 9 atom stereocenters. The molecule has 6 aliphatic rings. The summed E-state index contributed by atoms with van der Waals surface area (Å²) >= 11 is 0. The number of carbonyl (C=O) groups excluding carboxylic acids is 3. The van der Waals surface area contributed by atoms with Crippen molar-refractivity contribution in [2.24, 2.45) is 34.5 Å². The number of aliphatic hydroxyl groups excluding tert-OH is 1. The third-order valence-corrected chi connectivity index (χ3v) is 12.3. The summed E-state index contributed by atoms with van der Waals surface area (Å²) in [6.45, 7) is 9.51. The van der Waals surface area contributed by atoms with E-state index in [1.54, 1.807) is 12.2 Å². The lowest BCUT2D eigenvalue weighted by Gasteiger charge is -2.59. The molecule has 0 aromatic heterocycles. The van der Waals surface area contributed by atoms with E-state index in [0.717, 1.165) is 57.2 Å². The smallest absolute Gasteiger partial charge is 0.320 e. The Morgan fingerprint density at radius 2 is 1.86 bits per heavy atom. The van der Waals surface area contributed by atoms with Crippen LogP contribution in [0.4, 0.5) is 0 Å². The van der Waals surface area contributed by atoms with Gasteiger partial charge in [-0.1, -0.05) is 58.6 Å². The van der Waals surface area contributed by atoms with Gasteiger partial charge in [-0.2, -0.15) is 0 Å². The van der Waals surface area contributed by atoms with Gasteiger partial charge in [-0.3, -0.25) is 19.3 Å². The molecule has 1 saturated heterocycles. The number of ketones is 2. The van der Waals surface area contributed by atoms with Gasteiger partial charge in [0.05, 0.1) is 18.8 Å². The van der Waals surface area contributed by atoms with Crippen molar-refractivity contribution in [3.05, 3.63) is 23.8 Å². The van der Waals surface area contributed by atoms with E-state index >= 15 is 0 Å². The second kappa shape index (κ2) is 11.2. The third-order valence-electron chi connectivity index (χ3n) is 12.3. The van der Waals surface area contributed by atoms with Gasteiger partial charge in [-0.25, -0.2) is 0 Å². The maximum absolute atomic E-state index is 14.4. The fraction of sp³-hybridized carbons (Fsp3) is 0.794. The Balaban J connectivity index is 1.31. The van der Waals surface area contributed by atoms with Crippen molar-refractivity contribution in [2.75, 3.05) is 26.2 Å². The maximum atomic E-state index is 14.4. The first-order valence-corrected chi connectivity index (χ1v) is 16.4. The van der Waals surface area contributed by atoms with Gasteiger partial charge in [0.1, 0.15) is 0 Å². The van der Waals surface area contributed by atoms with Crippen LogP contribution >= 0.6 is 0 Å². The SMILES string of the molecule is CCN(CC)CC(=O)OCC(=O)[C@@]12O[C@H](C3CCCCC3)OC1C[C@H]1[C@@H]3CCC4=CC(=O)C=C[C@]4(C)[C@H]3C(O)C[C@@]12C. The number of likely N-dealkylation sites (N-methyl/N-ethyl adjacent to an activating group) is 1. The molecule has 0 radical (unpaired) electrons. The summed E-state index contributed by atoms with van der Waals surface area (Å²) in [6.07, 6.45) is 12.1. The first kappa shape index (κ1) is 30.2. The molecule has 6 rings (SSSR count). The highest BCUT2D eigenvalue weighted by Gasteiger charge is 2.76. The van der Waals surface area contributed by atoms with Gasteiger partial charge < -0.3 is 19.3 Å². The Hall–Kier alpha value is -1.87. The van der Waals surface area contributed by atoms with Crippen molar-refractivity contribution in [3.8, 4) is 0 Å². The third kappa shape index (κ3) is 4.58. The van der Waals surface area contributed by atoms with E-state index in [-0.39, 0.29) is 48.4 Å². The fourth-order valence-corrected chi connectivity index (χ4v) is 10.1. The molecule has 4 saturated carbocycles. The van der Waals surface area contributed by atoms with Gasteiger partial charge in [0.25, 0.3) is 0 Å². The Labute approximate surface area is 250 Å². The second-order valence-corrected chi connectivity index (χ2v) is 14.2. The van der Waals surface area contributed by atoms with Crippen molar-refractivity contribution in [1.82, 2.24) is 4.90 Å². The summed E-state index contributed by atoms with van der Waals surface area (Å²) in [5.41, 5.74) is -1.22. The van der Waals surface area contributed by atoms with Crippen molar-refractivity contribution < 1.29 is 33.7 Å². The maximum Gasteiger partial charge on any atom is 0.320 e. The van der Waals surface area contributed by atoms with E-state index in [1.807, 2.05) is 24.8 Å². The Kier molecular flexibility index (Phi) is 8.08. The standard InChI is InChI=1S/C34H49NO7/c1-5-35(6-2)19-29(39)40-20-27(38)34-28(41-31(42-34)21-10-8-7-9-11-21)17-25-24-13-12-22-16-23(36)14-15-32(22,3)30(24)26(37)18-33(25,34)4/h14-16,21,24-26,28,30-31,37H,5-13,17-20H2,1-4H3/t24-,25-,26?,28?,30+,31+,32-,33-,34+/m0/s1. The number of aliphatic hydroxyl groups is 1. The van der Waals surface area contributed by atoms with Gasteiger partial charge in [0, 0.05) is 22.7 Å². The van der Waals surface area contributed by atoms with Gasteiger partial charge in [-0.15, -0.1) is 0 Å². The molecule has 1 aliphatic heterocycles. The van der Waals surface area contributed by atoms with Gasteiger partial charge in [0.15, 0.2) is 24.3 Å². The topological polar surface area (TPSA) is 102 Å². The zero-order valence-electron chi connectivity index (χ0n) is 25.8. The number of rotatable bonds is 8. The van der Waals surface area contributed by atoms with E-state index in [9.17, 15) is 19.5 Å². The summed E-state index contributed by atoms with van der Waals surface area (Å²) in [6, 6.07) is 0. The van der Waals surface area contributed by atoms with Crippen LogP contribution in [-0.4, -0.2) is 77.9 Å². The predicted molar refractivity (Wildman–Crippen MR) is 156 cm³/mol. The Morgan fingerprint density at radius 1 is 1.12 bits per heavy atom. The van der Waals surface area contributed by atoms with E-state index < -0.39 is 40.9 Å². The minimum atomic E-state index is -1.27. The van der Waals surface area contributed by atoms with Gasteiger partial charge in [0.2, 0.25) is 5.78 Å². The number of Topliss-reactive ketones (excluding diaryl/α,β-unsaturated/α-hetero) is 1. The molecular formula is C34H49NO7. The average molecular weight is 584 g/mol. The Bertz CT molecular complexity index is 1150. The van der Waals surface area contributed by atoms with Crippen LogP contribution in [0.15, 0.2) is 23.8 Å². The lowest BCUT2D eigenvalue weighted by Crippen LogP contribution is -2.63. The molecule has 8 nitrogen and oxygen atoms in total. The first-order chi connectivity index (χ1) is 20.1. The number of hydrogen-bond acceptors (Lipinski definition) is 8. The number of carbonyl (C=O) groups is 3. The van der Waals surface area contributed by atoms with Crippen LogP contribution in [0, 0.1) is 34.5 Å². The summed E-state index contributed by atoms with van der Waals surface area (Å²) in [4.78, 5) is 41.3.